The lowest BCUT2D eigenvalue weighted by atomic mass is 10.1. The van der Waals surface area contributed by atoms with E-state index in [-0.39, 0.29) is 6.61 Å². The Balaban J connectivity index is 2.30. The van der Waals surface area contributed by atoms with Crippen molar-refractivity contribution in [1.29, 1.82) is 0 Å². The maximum absolute atomic E-state index is 9.36. The molecule has 0 bridgehead atoms. The van der Waals surface area contributed by atoms with Crippen LogP contribution in [0.25, 0.3) is 21.4 Å². The van der Waals surface area contributed by atoms with Crippen molar-refractivity contribution >= 4 is 16.6 Å². The molecule has 92 valence electrons. The summed E-state index contributed by atoms with van der Waals surface area (Å²) in [5.74, 6) is 0. The van der Waals surface area contributed by atoms with Crippen molar-refractivity contribution in [1.82, 2.24) is 4.57 Å². The molecule has 3 nitrogen and oxygen atoms in total. The van der Waals surface area contributed by atoms with Gasteiger partial charge in [-0.3, -0.25) is 0 Å². The van der Waals surface area contributed by atoms with Crippen LogP contribution in [0.2, 0.25) is 0 Å². The first kappa shape index (κ1) is 11.5. The number of hydrogen-bond acceptors (Lipinski definition) is 1. The third kappa shape index (κ3) is 1.79. The number of para-hydroxylation sites is 2. The largest absolute Gasteiger partial charge is 0.392 e. The predicted octanol–water partition coefficient (Wildman–Crippen LogP) is 3.67. The number of aliphatic hydroxyl groups excluding tert-OH is 1. The molecule has 0 radical (unpaired) electrons. The maximum atomic E-state index is 9.36. The second-order valence-electron chi connectivity index (χ2n) is 4.29. The summed E-state index contributed by atoms with van der Waals surface area (Å²) in [6.45, 7) is 7.26. The van der Waals surface area contributed by atoms with Crippen LogP contribution in [-0.2, 0) is 6.61 Å². The van der Waals surface area contributed by atoms with Crippen molar-refractivity contribution in [3.05, 3.63) is 71.7 Å². The fraction of sp³-hybridized carbons (Fsp3) is 0.0625. The molecule has 0 amide bonds. The van der Waals surface area contributed by atoms with Gasteiger partial charge in [-0.2, -0.15) is 0 Å². The second kappa shape index (κ2) is 4.60. The van der Waals surface area contributed by atoms with Crippen molar-refractivity contribution in [2.75, 3.05) is 0 Å². The van der Waals surface area contributed by atoms with Crippen molar-refractivity contribution in [3.8, 4) is 5.69 Å². The van der Waals surface area contributed by atoms with Gasteiger partial charge in [0.1, 0.15) is 0 Å². The Kier molecular flexibility index (Phi) is 2.79. The standard InChI is InChI=1S/C16H12N2O/c1-17-14-6-2-3-7-16(14)18-10-9-13-12(11-19)5-4-8-15(13)18/h2-10,19H,11H2. The lowest BCUT2D eigenvalue weighted by Crippen LogP contribution is -1.92. The summed E-state index contributed by atoms with van der Waals surface area (Å²) in [6, 6.07) is 15.3. The topological polar surface area (TPSA) is 29.5 Å². The molecule has 1 N–H and O–H groups in total. The molecule has 0 fully saturated rings. The molecule has 3 heteroatoms. The number of nitrogens with zero attached hydrogens (tertiary/aromatic N) is 2. The molecule has 0 aliphatic heterocycles. The molecule has 2 aromatic carbocycles. The summed E-state index contributed by atoms with van der Waals surface area (Å²) in [5, 5.41) is 10.4. The second-order valence-corrected chi connectivity index (χ2v) is 4.29. The normalized spacial score (nSPS) is 10.5. The highest BCUT2D eigenvalue weighted by atomic mass is 16.3. The predicted molar refractivity (Wildman–Crippen MR) is 75.5 cm³/mol. The minimum Gasteiger partial charge on any atom is -0.392 e. The number of hydrogen-bond donors (Lipinski definition) is 1. The molecule has 0 aliphatic carbocycles. The van der Waals surface area contributed by atoms with Crippen LogP contribution < -0.4 is 0 Å². The first-order valence-corrected chi connectivity index (χ1v) is 6.02. The summed E-state index contributed by atoms with van der Waals surface area (Å²) in [6.07, 6.45) is 1.94. The third-order valence-electron chi connectivity index (χ3n) is 3.26. The van der Waals surface area contributed by atoms with Gasteiger partial charge in [0.2, 0.25) is 5.69 Å². The van der Waals surface area contributed by atoms with Gasteiger partial charge in [0.15, 0.2) is 0 Å². The van der Waals surface area contributed by atoms with Crippen molar-refractivity contribution in [2.45, 2.75) is 6.61 Å². The molecule has 0 atom stereocenters. The summed E-state index contributed by atoms with van der Waals surface area (Å²) in [4.78, 5) is 3.56. The Bertz CT molecular complexity index is 781. The van der Waals surface area contributed by atoms with E-state index in [1.807, 2.05) is 59.3 Å². The van der Waals surface area contributed by atoms with Gasteiger partial charge in [0.25, 0.3) is 0 Å². The van der Waals surface area contributed by atoms with Crippen LogP contribution in [-0.4, -0.2) is 9.67 Å². The van der Waals surface area contributed by atoms with E-state index >= 15 is 0 Å². The fourth-order valence-corrected chi connectivity index (χ4v) is 2.34. The molecule has 1 aromatic heterocycles. The molecule has 0 unspecified atom stereocenters. The molecule has 0 aliphatic rings. The molecule has 0 saturated carbocycles. The minimum absolute atomic E-state index is 0.0197. The number of rotatable bonds is 2. The Labute approximate surface area is 111 Å². The van der Waals surface area contributed by atoms with Crippen LogP contribution in [0.4, 0.5) is 5.69 Å². The number of aliphatic hydroxyl groups is 1. The smallest absolute Gasteiger partial charge is 0.210 e. The van der Waals surface area contributed by atoms with Gasteiger partial charge in [0.05, 0.1) is 24.4 Å². The van der Waals surface area contributed by atoms with Crippen molar-refractivity contribution in [3.63, 3.8) is 0 Å². The van der Waals surface area contributed by atoms with Gasteiger partial charge in [-0.05, 0) is 23.8 Å². The number of fused-ring (bicyclic) bond motifs is 1. The van der Waals surface area contributed by atoms with Crippen LogP contribution in [0.1, 0.15) is 5.56 Å². The lowest BCUT2D eigenvalue weighted by molar-refractivity contribution is 0.283. The van der Waals surface area contributed by atoms with Crippen LogP contribution in [0.5, 0.6) is 0 Å². The van der Waals surface area contributed by atoms with Gasteiger partial charge >= 0.3 is 0 Å². The summed E-state index contributed by atoms with van der Waals surface area (Å²) >= 11 is 0. The van der Waals surface area contributed by atoms with E-state index in [0.29, 0.717) is 5.69 Å². The zero-order valence-electron chi connectivity index (χ0n) is 10.2. The first-order chi connectivity index (χ1) is 9.35. The number of aromatic nitrogens is 1. The van der Waals surface area contributed by atoms with E-state index in [4.69, 9.17) is 6.57 Å². The van der Waals surface area contributed by atoms with Crippen LogP contribution in [0.3, 0.4) is 0 Å². The molecule has 19 heavy (non-hydrogen) atoms. The SMILES string of the molecule is [C-]#[N+]c1ccccc1-n1ccc2c(CO)cccc21. The fourth-order valence-electron chi connectivity index (χ4n) is 2.34. The summed E-state index contributed by atoms with van der Waals surface area (Å²) < 4.78 is 1.99. The molecule has 0 saturated heterocycles. The van der Waals surface area contributed by atoms with Gasteiger partial charge in [-0.1, -0.05) is 30.3 Å². The van der Waals surface area contributed by atoms with Crippen LogP contribution in [0.15, 0.2) is 54.7 Å². The Morgan fingerprint density at radius 3 is 2.68 bits per heavy atom. The average Bonchev–Trinajstić information content (AvgIpc) is 2.90. The Morgan fingerprint density at radius 2 is 1.89 bits per heavy atom. The van der Waals surface area contributed by atoms with E-state index in [9.17, 15) is 5.11 Å². The summed E-state index contributed by atoms with van der Waals surface area (Å²) in [5.41, 5.74) is 3.39. The Morgan fingerprint density at radius 1 is 1.05 bits per heavy atom. The molecular formula is C16H12N2O. The van der Waals surface area contributed by atoms with Gasteiger partial charge in [-0.25, -0.2) is 4.85 Å². The zero-order valence-corrected chi connectivity index (χ0v) is 10.2. The van der Waals surface area contributed by atoms with Crippen LogP contribution >= 0.6 is 0 Å². The third-order valence-corrected chi connectivity index (χ3v) is 3.26. The average molecular weight is 248 g/mol. The Hall–Kier alpha value is -2.57. The molecule has 3 aromatic rings. The summed E-state index contributed by atoms with van der Waals surface area (Å²) in [7, 11) is 0. The number of benzene rings is 2. The van der Waals surface area contributed by atoms with Crippen molar-refractivity contribution < 1.29 is 5.11 Å². The molecule has 0 spiro atoms. The molecular weight excluding hydrogens is 236 g/mol. The van der Waals surface area contributed by atoms with Gasteiger partial charge < -0.3 is 9.67 Å². The van der Waals surface area contributed by atoms with E-state index in [1.165, 1.54) is 0 Å². The first-order valence-electron chi connectivity index (χ1n) is 6.02. The minimum atomic E-state index is 0.0197. The highest BCUT2D eigenvalue weighted by Crippen LogP contribution is 2.29. The highest BCUT2D eigenvalue weighted by molar-refractivity contribution is 5.86. The van der Waals surface area contributed by atoms with E-state index < -0.39 is 0 Å². The quantitative estimate of drug-likeness (QED) is 0.689. The highest BCUT2D eigenvalue weighted by Gasteiger charge is 2.09. The van der Waals surface area contributed by atoms with E-state index in [1.54, 1.807) is 0 Å². The van der Waals surface area contributed by atoms with Gasteiger partial charge in [-0.15, -0.1) is 0 Å². The van der Waals surface area contributed by atoms with E-state index in [0.717, 1.165) is 22.2 Å². The lowest BCUT2D eigenvalue weighted by Gasteiger charge is -2.08. The molecule has 3 rings (SSSR count). The monoisotopic (exact) mass is 248 g/mol. The maximum Gasteiger partial charge on any atom is 0.210 e. The zero-order chi connectivity index (χ0) is 13.2. The van der Waals surface area contributed by atoms with E-state index in [2.05, 4.69) is 4.85 Å². The molecule has 1 heterocycles. The van der Waals surface area contributed by atoms with Crippen LogP contribution in [0, 0.1) is 6.57 Å². The van der Waals surface area contributed by atoms with Gasteiger partial charge in [0, 0.05) is 11.6 Å². The van der Waals surface area contributed by atoms with Crippen molar-refractivity contribution in [2.24, 2.45) is 0 Å².